The number of hydrogen-bond acceptors (Lipinski definition) is 2. The van der Waals surface area contributed by atoms with E-state index in [0.717, 1.165) is 22.4 Å². The molecule has 0 bridgehead atoms. The van der Waals surface area contributed by atoms with Gasteiger partial charge >= 0.3 is 5.97 Å². The summed E-state index contributed by atoms with van der Waals surface area (Å²) < 4.78 is 0. The van der Waals surface area contributed by atoms with Crippen LogP contribution in [0.1, 0.15) is 24.5 Å². The lowest BCUT2D eigenvalue weighted by atomic mass is 9.99. The maximum Gasteiger partial charge on any atom is 0.328 e. The van der Waals surface area contributed by atoms with Gasteiger partial charge in [-0.25, -0.2) is 4.79 Å². The predicted octanol–water partition coefficient (Wildman–Crippen LogP) is 2.08. The summed E-state index contributed by atoms with van der Waals surface area (Å²) in [6, 6.07) is 5.65. The van der Waals surface area contributed by atoms with Gasteiger partial charge in [-0.2, -0.15) is 0 Å². The number of carbonyl (C=O) groups excluding carboxylic acids is 1. The number of carboxylic acids is 1. The number of anilines is 1. The molecule has 1 aliphatic rings. The van der Waals surface area contributed by atoms with E-state index in [0.29, 0.717) is 12.8 Å². The van der Waals surface area contributed by atoms with E-state index in [9.17, 15) is 9.59 Å². The van der Waals surface area contributed by atoms with Gasteiger partial charge in [-0.15, -0.1) is 0 Å². The molecule has 1 N–H and O–H groups in total. The maximum atomic E-state index is 11.6. The van der Waals surface area contributed by atoms with Gasteiger partial charge in [0.2, 0.25) is 5.91 Å². The third-order valence-electron chi connectivity index (χ3n) is 3.21. The Kier molecular flexibility index (Phi) is 3.19. The Balaban J connectivity index is 2.42. The SMILES string of the molecule is CC/C(=C\C(=O)O)c1ccc2c(c1)CC(=O)N2C. The molecule has 0 spiro atoms. The summed E-state index contributed by atoms with van der Waals surface area (Å²) in [7, 11) is 1.75. The zero-order valence-electron chi connectivity index (χ0n) is 10.4. The number of amides is 1. The summed E-state index contributed by atoms with van der Waals surface area (Å²) in [5, 5.41) is 8.82. The van der Waals surface area contributed by atoms with Gasteiger partial charge in [-0.1, -0.05) is 13.0 Å². The molecule has 4 nitrogen and oxygen atoms in total. The first kappa shape index (κ1) is 12.4. The molecule has 1 aromatic carbocycles. The number of fused-ring (bicyclic) bond motifs is 1. The highest BCUT2D eigenvalue weighted by atomic mass is 16.4. The molecule has 0 aliphatic carbocycles. The molecule has 94 valence electrons. The van der Waals surface area contributed by atoms with Crippen LogP contribution in [0.4, 0.5) is 5.69 Å². The van der Waals surface area contributed by atoms with Crippen molar-refractivity contribution in [2.45, 2.75) is 19.8 Å². The first-order chi connectivity index (χ1) is 8.52. The van der Waals surface area contributed by atoms with Crippen LogP contribution in [0.25, 0.3) is 5.57 Å². The van der Waals surface area contributed by atoms with Gasteiger partial charge in [0.15, 0.2) is 0 Å². The Morgan fingerprint density at radius 1 is 1.50 bits per heavy atom. The van der Waals surface area contributed by atoms with Gasteiger partial charge in [0.25, 0.3) is 0 Å². The molecule has 0 saturated carbocycles. The number of aliphatic carboxylic acids is 1. The lowest BCUT2D eigenvalue weighted by molar-refractivity contribution is -0.131. The zero-order chi connectivity index (χ0) is 13.3. The van der Waals surface area contributed by atoms with E-state index in [1.807, 2.05) is 25.1 Å². The summed E-state index contributed by atoms with van der Waals surface area (Å²) in [6.07, 6.45) is 2.26. The van der Waals surface area contributed by atoms with Crippen LogP contribution in [0, 0.1) is 0 Å². The highest BCUT2D eigenvalue weighted by Crippen LogP contribution is 2.31. The van der Waals surface area contributed by atoms with E-state index in [1.165, 1.54) is 6.08 Å². The topological polar surface area (TPSA) is 57.6 Å². The van der Waals surface area contributed by atoms with Crippen molar-refractivity contribution in [3.05, 3.63) is 35.4 Å². The van der Waals surface area contributed by atoms with Gasteiger partial charge in [0.1, 0.15) is 0 Å². The summed E-state index contributed by atoms with van der Waals surface area (Å²) in [6.45, 7) is 1.92. The minimum Gasteiger partial charge on any atom is -0.478 e. The Morgan fingerprint density at radius 3 is 2.83 bits per heavy atom. The molecule has 1 heterocycles. The first-order valence-corrected chi connectivity index (χ1v) is 5.86. The molecule has 2 rings (SSSR count). The van der Waals surface area contributed by atoms with Crippen molar-refractivity contribution in [3.8, 4) is 0 Å². The summed E-state index contributed by atoms with van der Waals surface area (Å²) >= 11 is 0. The van der Waals surface area contributed by atoms with E-state index in [1.54, 1.807) is 11.9 Å². The standard InChI is InChI=1S/C14H15NO3/c1-3-9(8-14(17)18)10-4-5-12-11(6-10)7-13(16)15(12)2/h4-6,8H,3,7H2,1-2H3,(H,17,18)/b9-8+. The highest BCUT2D eigenvalue weighted by molar-refractivity contribution is 6.01. The average molecular weight is 245 g/mol. The number of benzene rings is 1. The van der Waals surface area contributed by atoms with E-state index < -0.39 is 5.97 Å². The second kappa shape index (κ2) is 4.64. The van der Waals surface area contributed by atoms with Crippen LogP contribution >= 0.6 is 0 Å². The fourth-order valence-corrected chi connectivity index (χ4v) is 2.21. The molecular weight excluding hydrogens is 230 g/mol. The van der Waals surface area contributed by atoms with Crippen LogP contribution in [0.15, 0.2) is 24.3 Å². The second-order valence-corrected chi connectivity index (χ2v) is 4.33. The molecule has 0 fully saturated rings. The van der Waals surface area contributed by atoms with Crippen LogP contribution in [-0.4, -0.2) is 24.0 Å². The van der Waals surface area contributed by atoms with E-state index in [-0.39, 0.29) is 5.91 Å². The van der Waals surface area contributed by atoms with Crippen molar-refractivity contribution in [2.75, 3.05) is 11.9 Å². The number of carbonyl (C=O) groups is 2. The average Bonchev–Trinajstić information content (AvgIpc) is 2.61. The van der Waals surface area contributed by atoms with E-state index >= 15 is 0 Å². The van der Waals surface area contributed by atoms with Crippen molar-refractivity contribution in [1.82, 2.24) is 0 Å². The monoisotopic (exact) mass is 245 g/mol. The number of rotatable bonds is 3. The second-order valence-electron chi connectivity index (χ2n) is 4.33. The largest absolute Gasteiger partial charge is 0.478 e. The number of carboxylic acid groups (broad SMARTS) is 1. The van der Waals surface area contributed by atoms with Gasteiger partial charge in [-0.3, -0.25) is 4.79 Å². The van der Waals surface area contributed by atoms with Crippen molar-refractivity contribution in [1.29, 1.82) is 0 Å². The fourth-order valence-electron chi connectivity index (χ4n) is 2.21. The first-order valence-electron chi connectivity index (χ1n) is 5.86. The van der Waals surface area contributed by atoms with Crippen LogP contribution in [0.2, 0.25) is 0 Å². The highest BCUT2D eigenvalue weighted by Gasteiger charge is 2.24. The number of nitrogens with zero attached hydrogens (tertiary/aromatic N) is 1. The number of allylic oxidation sites excluding steroid dienone is 1. The van der Waals surface area contributed by atoms with Crippen molar-refractivity contribution >= 4 is 23.1 Å². The quantitative estimate of drug-likeness (QED) is 0.829. The molecule has 1 aromatic rings. The summed E-state index contributed by atoms with van der Waals surface area (Å²) in [5.74, 6) is -0.872. The number of likely N-dealkylation sites (N-methyl/N-ethyl adjacent to an activating group) is 1. The zero-order valence-corrected chi connectivity index (χ0v) is 10.4. The van der Waals surface area contributed by atoms with Crippen LogP contribution in [0.5, 0.6) is 0 Å². The molecule has 1 aliphatic heterocycles. The lowest BCUT2D eigenvalue weighted by Crippen LogP contribution is -2.20. The van der Waals surface area contributed by atoms with Crippen LogP contribution < -0.4 is 4.90 Å². The molecule has 0 saturated heterocycles. The minimum absolute atomic E-state index is 0.0717. The summed E-state index contributed by atoms with van der Waals surface area (Å²) in [5.41, 5.74) is 3.52. The minimum atomic E-state index is -0.944. The molecule has 18 heavy (non-hydrogen) atoms. The Hall–Kier alpha value is -2.10. The Bertz CT molecular complexity index is 546. The normalized spacial score (nSPS) is 14.9. The molecule has 0 aromatic heterocycles. The Morgan fingerprint density at radius 2 is 2.22 bits per heavy atom. The van der Waals surface area contributed by atoms with Crippen molar-refractivity contribution in [2.24, 2.45) is 0 Å². The molecular formula is C14H15NO3. The molecule has 0 atom stereocenters. The Labute approximate surface area is 106 Å². The van der Waals surface area contributed by atoms with E-state index in [4.69, 9.17) is 5.11 Å². The smallest absolute Gasteiger partial charge is 0.328 e. The van der Waals surface area contributed by atoms with Crippen molar-refractivity contribution in [3.63, 3.8) is 0 Å². The molecule has 0 radical (unpaired) electrons. The van der Waals surface area contributed by atoms with Crippen molar-refractivity contribution < 1.29 is 14.7 Å². The van der Waals surface area contributed by atoms with Crippen LogP contribution in [0.3, 0.4) is 0 Å². The van der Waals surface area contributed by atoms with Crippen LogP contribution in [-0.2, 0) is 16.0 Å². The van der Waals surface area contributed by atoms with Gasteiger partial charge in [0, 0.05) is 18.8 Å². The number of hydrogen-bond donors (Lipinski definition) is 1. The van der Waals surface area contributed by atoms with Gasteiger partial charge in [-0.05, 0) is 35.3 Å². The predicted molar refractivity (Wildman–Crippen MR) is 69.5 cm³/mol. The molecule has 1 amide bonds. The molecule has 4 heteroatoms. The molecule has 0 unspecified atom stereocenters. The fraction of sp³-hybridized carbons (Fsp3) is 0.286. The van der Waals surface area contributed by atoms with E-state index in [2.05, 4.69) is 0 Å². The van der Waals surface area contributed by atoms with Gasteiger partial charge in [0.05, 0.1) is 6.42 Å². The summed E-state index contributed by atoms with van der Waals surface area (Å²) in [4.78, 5) is 23.9. The van der Waals surface area contributed by atoms with Gasteiger partial charge < -0.3 is 10.0 Å². The third kappa shape index (κ3) is 2.14. The third-order valence-corrected chi connectivity index (χ3v) is 3.21. The lowest BCUT2D eigenvalue weighted by Gasteiger charge is -2.11. The maximum absolute atomic E-state index is 11.6.